The Kier molecular flexibility index (Phi) is 5.21. The first-order valence-electron chi connectivity index (χ1n) is 6.12. The first-order chi connectivity index (χ1) is 8.59. The third-order valence-electron chi connectivity index (χ3n) is 2.50. The maximum atomic E-state index is 11.6. The molecule has 19 heavy (non-hydrogen) atoms. The molecule has 1 aromatic rings. The maximum Gasteiger partial charge on any atom is 0.179 e. The van der Waals surface area contributed by atoms with Crippen molar-refractivity contribution in [2.45, 2.75) is 37.5 Å². The molecule has 0 amide bonds. The fourth-order valence-corrected chi connectivity index (χ4v) is 3.11. The molecule has 1 atom stereocenters. The topological polar surface area (TPSA) is 59.1 Å². The van der Waals surface area contributed by atoms with Gasteiger partial charge in [-0.3, -0.25) is 0 Å². The molecule has 108 valence electrons. The van der Waals surface area contributed by atoms with Crippen LogP contribution in [-0.2, 0) is 9.84 Å². The Morgan fingerprint density at radius 3 is 2.58 bits per heavy atom. The van der Waals surface area contributed by atoms with Gasteiger partial charge in [0, 0.05) is 19.0 Å². The summed E-state index contributed by atoms with van der Waals surface area (Å²) in [5.41, 5.74) is 0.137. The van der Waals surface area contributed by atoms with Crippen LogP contribution in [-0.4, -0.2) is 31.6 Å². The fourth-order valence-electron chi connectivity index (χ4n) is 1.77. The summed E-state index contributed by atoms with van der Waals surface area (Å²) in [5, 5.41) is 2.95. The molecular weight excluding hydrogens is 284 g/mol. The van der Waals surface area contributed by atoms with E-state index in [0.717, 1.165) is 6.42 Å². The second-order valence-corrected chi connectivity index (χ2v) is 8.47. The Morgan fingerprint density at radius 1 is 1.42 bits per heavy atom. The van der Waals surface area contributed by atoms with E-state index >= 15 is 0 Å². The van der Waals surface area contributed by atoms with E-state index in [1.165, 1.54) is 12.3 Å². The molecule has 0 bridgehead atoms. The van der Waals surface area contributed by atoms with Crippen LogP contribution in [0.4, 0.5) is 5.82 Å². The van der Waals surface area contributed by atoms with Gasteiger partial charge in [-0.1, -0.05) is 20.8 Å². The van der Waals surface area contributed by atoms with Gasteiger partial charge in [0.2, 0.25) is 0 Å². The summed E-state index contributed by atoms with van der Waals surface area (Å²) in [7, 11) is -3.28. The van der Waals surface area contributed by atoms with Gasteiger partial charge in [-0.05, 0) is 24.0 Å². The minimum Gasteiger partial charge on any atom is -0.368 e. The zero-order chi connectivity index (χ0) is 14.7. The van der Waals surface area contributed by atoms with Gasteiger partial charge in [0.25, 0.3) is 0 Å². The molecule has 0 radical (unpaired) electrons. The highest BCUT2D eigenvalue weighted by atomic mass is 35.5. The molecule has 1 aromatic heterocycles. The highest BCUT2D eigenvalue weighted by Gasteiger charge is 2.18. The molecular formula is C13H21ClN2O2S. The van der Waals surface area contributed by atoms with Crippen molar-refractivity contribution in [1.82, 2.24) is 4.98 Å². The van der Waals surface area contributed by atoms with Gasteiger partial charge in [-0.2, -0.15) is 0 Å². The number of sulfone groups is 1. The van der Waals surface area contributed by atoms with E-state index < -0.39 is 9.84 Å². The predicted octanol–water partition coefficient (Wildman–Crippen LogP) is 2.94. The van der Waals surface area contributed by atoms with Crippen LogP contribution in [0, 0.1) is 5.41 Å². The Hall–Kier alpha value is -0.810. The van der Waals surface area contributed by atoms with Gasteiger partial charge < -0.3 is 5.32 Å². The van der Waals surface area contributed by atoms with Gasteiger partial charge in [0.05, 0.1) is 5.38 Å². The lowest BCUT2D eigenvalue weighted by Gasteiger charge is -2.22. The third-order valence-corrected chi connectivity index (χ3v) is 3.93. The summed E-state index contributed by atoms with van der Waals surface area (Å²) in [5.74, 6) is 0.365. The van der Waals surface area contributed by atoms with Crippen molar-refractivity contribution in [2.24, 2.45) is 5.41 Å². The highest BCUT2D eigenvalue weighted by Crippen LogP contribution is 2.24. The molecule has 0 aliphatic heterocycles. The van der Waals surface area contributed by atoms with Crippen LogP contribution in [0.15, 0.2) is 23.2 Å². The van der Waals surface area contributed by atoms with Gasteiger partial charge in [-0.15, -0.1) is 11.6 Å². The molecule has 0 spiro atoms. The van der Waals surface area contributed by atoms with Crippen LogP contribution in [0.5, 0.6) is 0 Å². The summed E-state index contributed by atoms with van der Waals surface area (Å²) < 4.78 is 23.2. The Balaban J connectivity index is 2.74. The van der Waals surface area contributed by atoms with E-state index in [9.17, 15) is 8.42 Å². The number of anilines is 1. The molecule has 0 saturated carbocycles. The smallest absolute Gasteiger partial charge is 0.179 e. The Labute approximate surface area is 120 Å². The molecule has 1 unspecified atom stereocenters. The summed E-state index contributed by atoms with van der Waals surface area (Å²) in [6.45, 7) is 6.83. The van der Waals surface area contributed by atoms with E-state index in [1.54, 1.807) is 12.3 Å². The van der Waals surface area contributed by atoms with E-state index in [-0.39, 0.29) is 15.7 Å². The number of halogens is 1. The molecule has 6 heteroatoms. The van der Waals surface area contributed by atoms with Crippen molar-refractivity contribution >= 4 is 27.3 Å². The zero-order valence-electron chi connectivity index (χ0n) is 11.8. The van der Waals surface area contributed by atoms with E-state index in [2.05, 4.69) is 31.1 Å². The second kappa shape index (κ2) is 6.09. The molecule has 0 saturated heterocycles. The average molecular weight is 305 g/mol. The largest absolute Gasteiger partial charge is 0.368 e. The molecule has 0 fully saturated rings. The van der Waals surface area contributed by atoms with Crippen molar-refractivity contribution < 1.29 is 8.42 Å². The molecule has 0 aliphatic carbocycles. The van der Waals surface area contributed by atoms with Crippen molar-refractivity contribution in [2.75, 3.05) is 18.1 Å². The van der Waals surface area contributed by atoms with Crippen LogP contribution in [0.1, 0.15) is 27.2 Å². The summed E-state index contributed by atoms with van der Waals surface area (Å²) >= 11 is 6.24. The van der Waals surface area contributed by atoms with Crippen molar-refractivity contribution in [3.63, 3.8) is 0 Å². The van der Waals surface area contributed by atoms with E-state index in [1.807, 2.05) is 0 Å². The van der Waals surface area contributed by atoms with Gasteiger partial charge in [0.15, 0.2) is 9.84 Å². The first-order valence-corrected chi connectivity index (χ1v) is 8.45. The van der Waals surface area contributed by atoms with Crippen LogP contribution in [0.25, 0.3) is 0 Å². The van der Waals surface area contributed by atoms with Crippen LogP contribution in [0.2, 0.25) is 0 Å². The van der Waals surface area contributed by atoms with Crippen LogP contribution in [0.3, 0.4) is 0 Å². The van der Waals surface area contributed by atoms with Gasteiger partial charge in [0.1, 0.15) is 10.7 Å². The standard InChI is InChI=1S/C13H21ClN2O2S/c1-13(2,3)8-10(14)9-16-12-11(19(4,17)18)6-5-7-15-12/h5-7,10H,8-9H2,1-4H3,(H,15,16). The van der Waals surface area contributed by atoms with Gasteiger partial charge >= 0.3 is 0 Å². The summed E-state index contributed by atoms with van der Waals surface area (Å²) in [6.07, 6.45) is 3.56. The number of pyridine rings is 1. The summed E-state index contributed by atoms with van der Waals surface area (Å²) in [6, 6.07) is 3.15. The summed E-state index contributed by atoms with van der Waals surface area (Å²) in [4.78, 5) is 4.27. The number of aromatic nitrogens is 1. The van der Waals surface area contributed by atoms with E-state index in [0.29, 0.717) is 12.4 Å². The second-order valence-electron chi connectivity index (χ2n) is 5.87. The zero-order valence-corrected chi connectivity index (χ0v) is 13.3. The fraction of sp³-hybridized carbons (Fsp3) is 0.615. The highest BCUT2D eigenvalue weighted by molar-refractivity contribution is 7.90. The maximum absolute atomic E-state index is 11.6. The third kappa shape index (κ3) is 5.78. The number of rotatable bonds is 5. The molecule has 4 nitrogen and oxygen atoms in total. The number of hydrogen-bond donors (Lipinski definition) is 1. The number of alkyl halides is 1. The molecule has 0 aliphatic rings. The quantitative estimate of drug-likeness (QED) is 0.850. The average Bonchev–Trinajstić information content (AvgIpc) is 2.23. The predicted molar refractivity (Wildman–Crippen MR) is 79.5 cm³/mol. The Bertz CT molecular complexity index is 524. The van der Waals surface area contributed by atoms with Crippen LogP contribution < -0.4 is 5.32 Å². The minimum atomic E-state index is -3.28. The first kappa shape index (κ1) is 16.2. The van der Waals surface area contributed by atoms with Gasteiger partial charge in [-0.25, -0.2) is 13.4 Å². The van der Waals surface area contributed by atoms with E-state index in [4.69, 9.17) is 11.6 Å². The minimum absolute atomic E-state index is 0.0746. The molecule has 1 heterocycles. The van der Waals surface area contributed by atoms with Crippen molar-refractivity contribution in [1.29, 1.82) is 0 Å². The SMILES string of the molecule is CC(C)(C)CC(Cl)CNc1ncccc1S(C)(=O)=O. The van der Waals surface area contributed by atoms with Crippen LogP contribution >= 0.6 is 11.6 Å². The lowest BCUT2D eigenvalue weighted by atomic mass is 9.90. The number of nitrogens with one attached hydrogen (secondary N) is 1. The van der Waals surface area contributed by atoms with Crippen molar-refractivity contribution in [3.05, 3.63) is 18.3 Å². The number of nitrogens with zero attached hydrogens (tertiary/aromatic N) is 1. The Morgan fingerprint density at radius 2 is 2.05 bits per heavy atom. The number of hydrogen-bond acceptors (Lipinski definition) is 4. The lowest BCUT2D eigenvalue weighted by Crippen LogP contribution is -2.22. The molecule has 0 aromatic carbocycles. The monoisotopic (exact) mass is 304 g/mol. The molecule has 1 N–H and O–H groups in total. The lowest BCUT2D eigenvalue weighted by molar-refractivity contribution is 0.373. The molecule has 1 rings (SSSR count). The normalized spacial score (nSPS) is 14.2. The van der Waals surface area contributed by atoms with Crippen molar-refractivity contribution in [3.8, 4) is 0 Å².